The second kappa shape index (κ2) is 6.50. The monoisotopic (exact) mass is 182 g/mol. The van der Waals surface area contributed by atoms with Crippen LogP contribution in [0.5, 0.6) is 0 Å². The average molecular weight is 182 g/mol. The maximum Gasteiger partial charge on any atom is 0.224 e. The molecular formula is C10H18N2O. The number of nitrogens with two attached hydrogens (primary N) is 1. The fourth-order valence-electron chi connectivity index (χ4n) is 0.773. The van der Waals surface area contributed by atoms with E-state index in [1.165, 1.54) is 0 Å². The van der Waals surface area contributed by atoms with Gasteiger partial charge in [-0.2, -0.15) is 0 Å². The molecule has 0 rings (SSSR count). The third kappa shape index (κ3) is 5.26. The quantitative estimate of drug-likeness (QED) is 0.491. The van der Waals surface area contributed by atoms with Crippen LogP contribution >= 0.6 is 0 Å². The summed E-state index contributed by atoms with van der Waals surface area (Å²) in [5.41, 5.74) is 5.58. The van der Waals surface area contributed by atoms with E-state index in [0.717, 1.165) is 0 Å². The Morgan fingerprint density at radius 3 is 2.62 bits per heavy atom. The molecule has 0 aromatic rings. The minimum Gasteiger partial charge on any atom is -0.355 e. The van der Waals surface area contributed by atoms with Gasteiger partial charge in [0.25, 0.3) is 0 Å². The summed E-state index contributed by atoms with van der Waals surface area (Å²) in [6.45, 7) is 6.05. The molecule has 0 aromatic heterocycles. The topological polar surface area (TPSA) is 55.1 Å². The van der Waals surface area contributed by atoms with E-state index in [1.807, 2.05) is 13.8 Å². The van der Waals surface area contributed by atoms with Crippen molar-refractivity contribution in [1.29, 1.82) is 0 Å². The summed E-state index contributed by atoms with van der Waals surface area (Å²) < 4.78 is 0. The summed E-state index contributed by atoms with van der Waals surface area (Å²) in [4.78, 5) is 11.3. The van der Waals surface area contributed by atoms with Crippen molar-refractivity contribution in [3.8, 4) is 11.8 Å². The van der Waals surface area contributed by atoms with E-state index < -0.39 is 0 Å². The summed E-state index contributed by atoms with van der Waals surface area (Å²) in [5.74, 6) is 5.52. The average Bonchev–Trinajstić information content (AvgIpc) is 2.10. The normalized spacial score (nSPS) is 13.8. The first-order valence-corrected chi connectivity index (χ1v) is 4.52. The Hall–Kier alpha value is -1.01. The fraction of sp³-hybridized carbons (Fsp3) is 0.700. The summed E-state index contributed by atoms with van der Waals surface area (Å²) in [7, 11) is 0. The van der Waals surface area contributed by atoms with Crippen LogP contribution in [0.4, 0.5) is 0 Å². The molecule has 0 bridgehead atoms. The van der Waals surface area contributed by atoms with E-state index in [0.29, 0.717) is 13.0 Å². The van der Waals surface area contributed by atoms with Crippen molar-refractivity contribution < 1.29 is 4.79 Å². The van der Waals surface area contributed by atoms with Crippen molar-refractivity contribution in [3.05, 3.63) is 0 Å². The van der Waals surface area contributed by atoms with E-state index in [4.69, 9.17) is 5.73 Å². The lowest BCUT2D eigenvalue weighted by atomic mass is 10.0. The predicted molar refractivity (Wildman–Crippen MR) is 53.9 cm³/mol. The van der Waals surface area contributed by atoms with Crippen LogP contribution in [0.25, 0.3) is 0 Å². The van der Waals surface area contributed by atoms with Crippen LogP contribution in [0.1, 0.15) is 27.2 Å². The summed E-state index contributed by atoms with van der Waals surface area (Å²) in [6.07, 6.45) is 0.702. The molecule has 0 saturated heterocycles. The van der Waals surface area contributed by atoms with Crippen LogP contribution in [0.3, 0.4) is 0 Å². The predicted octanol–water partition coefficient (Wildman–Crippen LogP) is 0.499. The van der Waals surface area contributed by atoms with Crippen molar-refractivity contribution in [2.24, 2.45) is 11.7 Å². The van der Waals surface area contributed by atoms with Gasteiger partial charge in [0.05, 0.1) is 0 Å². The molecule has 0 radical (unpaired) electrons. The Morgan fingerprint density at radius 2 is 2.15 bits per heavy atom. The Kier molecular flexibility index (Phi) is 5.99. The van der Waals surface area contributed by atoms with Crippen molar-refractivity contribution in [3.63, 3.8) is 0 Å². The summed E-state index contributed by atoms with van der Waals surface area (Å²) in [5, 5.41) is 2.78. The zero-order valence-electron chi connectivity index (χ0n) is 8.55. The van der Waals surface area contributed by atoms with Gasteiger partial charge in [0, 0.05) is 24.9 Å². The molecule has 1 amide bonds. The lowest BCUT2D eigenvalue weighted by Crippen LogP contribution is -2.38. The van der Waals surface area contributed by atoms with Gasteiger partial charge in [0.15, 0.2) is 0 Å². The molecule has 3 heteroatoms. The molecule has 0 aliphatic heterocycles. The zero-order chi connectivity index (χ0) is 10.3. The van der Waals surface area contributed by atoms with Gasteiger partial charge in [-0.15, -0.1) is 11.8 Å². The first-order chi connectivity index (χ1) is 6.09. The van der Waals surface area contributed by atoms with E-state index >= 15 is 0 Å². The molecule has 3 N–H and O–H groups in total. The number of amides is 1. The van der Waals surface area contributed by atoms with Gasteiger partial charge in [-0.1, -0.05) is 6.92 Å². The molecule has 0 aliphatic carbocycles. The van der Waals surface area contributed by atoms with E-state index in [1.54, 1.807) is 6.92 Å². The van der Waals surface area contributed by atoms with Crippen LogP contribution in [0.2, 0.25) is 0 Å². The minimum atomic E-state index is -0.130. The van der Waals surface area contributed by atoms with Crippen molar-refractivity contribution >= 4 is 5.91 Å². The van der Waals surface area contributed by atoms with Gasteiger partial charge in [0.2, 0.25) is 5.91 Å². The molecule has 0 fully saturated rings. The van der Waals surface area contributed by atoms with Gasteiger partial charge in [0.1, 0.15) is 0 Å². The van der Waals surface area contributed by atoms with E-state index in [9.17, 15) is 4.79 Å². The second-order valence-corrected chi connectivity index (χ2v) is 3.12. The lowest BCUT2D eigenvalue weighted by molar-refractivity contribution is -0.124. The number of rotatable bonds is 4. The molecule has 2 atom stereocenters. The zero-order valence-corrected chi connectivity index (χ0v) is 8.55. The van der Waals surface area contributed by atoms with Crippen LogP contribution in [-0.4, -0.2) is 18.5 Å². The molecule has 0 aliphatic rings. The van der Waals surface area contributed by atoms with Gasteiger partial charge in [-0.25, -0.2) is 0 Å². The lowest BCUT2D eigenvalue weighted by Gasteiger charge is -2.14. The highest BCUT2D eigenvalue weighted by Gasteiger charge is 2.15. The van der Waals surface area contributed by atoms with Gasteiger partial charge in [-0.05, 0) is 13.8 Å². The van der Waals surface area contributed by atoms with Gasteiger partial charge in [-0.3, -0.25) is 4.79 Å². The van der Waals surface area contributed by atoms with Crippen LogP contribution in [-0.2, 0) is 4.79 Å². The van der Waals surface area contributed by atoms with Crippen LogP contribution < -0.4 is 11.1 Å². The second-order valence-electron chi connectivity index (χ2n) is 3.12. The van der Waals surface area contributed by atoms with Gasteiger partial charge < -0.3 is 11.1 Å². The SMILES string of the molecule is CC#CCCNC(=O)C(C)C(C)N. The molecule has 0 spiro atoms. The smallest absolute Gasteiger partial charge is 0.224 e. The first-order valence-electron chi connectivity index (χ1n) is 4.52. The van der Waals surface area contributed by atoms with E-state index in [2.05, 4.69) is 17.2 Å². The molecule has 0 saturated carbocycles. The van der Waals surface area contributed by atoms with Gasteiger partial charge >= 0.3 is 0 Å². The molecule has 0 heterocycles. The standard InChI is InChI=1S/C10H18N2O/c1-4-5-6-7-12-10(13)8(2)9(3)11/h8-9H,6-7,11H2,1-3H3,(H,12,13). The Morgan fingerprint density at radius 1 is 1.54 bits per heavy atom. The van der Waals surface area contributed by atoms with Crippen molar-refractivity contribution in [2.45, 2.75) is 33.2 Å². The molecule has 13 heavy (non-hydrogen) atoms. The van der Waals surface area contributed by atoms with Crippen molar-refractivity contribution in [2.75, 3.05) is 6.54 Å². The third-order valence-corrected chi connectivity index (χ3v) is 1.93. The highest BCUT2D eigenvalue weighted by molar-refractivity contribution is 5.78. The Balaban J connectivity index is 3.66. The first kappa shape index (κ1) is 12.0. The number of nitrogens with one attached hydrogen (secondary N) is 1. The fourth-order valence-corrected chi connectivity index (χ4v) is 0.773. The van der Waals surface area contributed by atoms with Crippen molar-refractivity contribution in [1.82, 2.24) is 5.32 Å². The Bertz CT molecular complexity index is 213. The molecule has 2 unspecified atom stereocenters. The highest BCUT2D eigenvalue weighted by atomic mass is 16.1. The number of carbonyl (C=O) groups is 1. The van der Waals surface area contributed by atoms with E-state index in [-0.39, 0.29) is 17.9 Å². The maximum absolute atomic E-state index is 11.3. The van der Waals surface area contributed by atoms with Crippen LogP contribution in [0, 0.1) is 17.8 Å². The largest absolute Gasteiger partial charge is 0.355 e. The molecule has 0 aromatic carbocycles. The number of hydrogen-bond donors (Lipinski definition) is 2. The highest BCUT2D eigenvalue weighted by Crippen LogP contribution is 1.98. The number of carbonyl (C=O) groups excluding carboxylic acids is 1. The summed E-state index contributed by atoms with van der Waals surface area (Å²) in [6, 6.07) is -0.0998. The molecular weight excluding hydrogens is 164 g/mol. The Labute approximate surface area is 80.1 Å². The summed E-state index contributed by atoms with van der Waals surface area (Å²) >= 11 is 0. The van der Waals surface area contributed by atoms with Crippen LogP contribution in [0.15, 0.2) is 0 Å². The molecule has 3 nitrogen and oxygen atoms in total. The number of hydrogen-bond acceptors (Lipinski definition) is 2. The third-order valence-electron chi connectivity index (χ3n) is 1.93. The minimum absolute atomic E-state index is 0.00732. The maximum atomic E-state index is 11.3. The molecule has 74 valence electrons.